The van der Waals surface area contributed by atoms with E-state index in [-0.39, 0.29) is 6.79 Å². The number of hydrogen-bond acceptors (Lipinski definition) is 5. The van der Waals surface area contributed by atoms with Crippen molar-refractivity contribution in [3.63, 3.8) is 0 Å². The van der Waals surface area contributed by atoms with E-state index in [0.717, 1.165) is 11.3 Å². The highest BCUT2D eigenvalue weighted by atomic mass is 16.7. The van der Waals surface area contributed by atoms with Gasteiger partial charge in [-0.25, -0.2) is 0 Å². The van der Waals surface area contributed by atoms with Crippen LogP contribution in [0.5, 0.6) is 0 Å². The number of aliphatic hydroxyl groups is 1. The molecule has 0 aromatic heterocycles. The second-order valence-electron chi connectivity index (χ2n) is 5.55. The minimum absolute atomic E-state index is 0.0889. The smallest absolute Gasteiger partial charge is 0.147 e. The molecule has 2 aromatic rings. The SMILES string of the molecule is C=CCC(O)[C@H](ONc1ccccc1)[C@H](OCOC)c1ccccc1. The number of rotatable bonds is 11. The van der Waals surface area contributed by atoms with E-state index in [1.807, 2.05) is 60.7 Å². The predicted molar refractivity (Wildman–Crippen MR) is 97.9 cm³/mol. The maximum Gasteiger partial charge on any atom is 0.147 e. The van der Waals surface area contributed by atoms with Gasteiger partial charge in [-0.15, -0.1) is 6.58 Å². The molecule has 5 heteroatoms. The van der Waals surface area contributed by atoms with Gasteiger partial charge in [0.25, 0.3) is 0 Å². The molecule has 0 amide bonds. The molecule has 25 heavy (non-hydrogen) atoms. The fourth-order valence-electron chi connectivity index (χ4n) is 2.45. The minimum Gasteiger partial charge on any atom is -0.390 e. The molecule has 3 atom stereocenters. The highest BCUT2D eigenvalue weighted by molar-refractivity contribution is 5.40. The van der Waals surface area contributed by atoms with Crippen LogP contribution in [0.2, 0.25) is 0 Å². The molecule has 0 radical (unpaired) electrons. The standard InChI is InChI=1S/C20H25NO4/c1-3-10-18(22)20(25-21-17-13-8-5-9-14-17)19(24-15-23-2)16-11-6-4-7-12-16/h3-9,11-14,18-22H,1,10,15H2,2H3/t18?,19-,20+/m1/s1. The molecule has 0 aliphatic carbocycles. The van der Waals surface area contributed by atoms with Gasteiger partial charge in [0, 0.05) is 7.11 Å². The molecule has 0 fully saturated rings. The summed E-state index contributed by atoms with van der Waals surface area (Å²) < 4.78 is 10.9. The topological polar surface area (TPSA) is 60.0 Å². The Labute approximate surface area is 148 Å². The van der Waals surface area contributed by atoms with Crippen LogP contribution in [0.3, 0.4) is 0 Å². The van der Waals surface area contributed by atoms with Crippen LogP contribution in [-0.4, -0.2) is 31.2 Å². The van der Waals surface area contributed by atoms with Gasteiger partial charge in [-0.05, 0) is 24.1 Å². The lowest BCUT2D eigenvalue weighted by molar-refractivity contribution is -0.150. The average Bonchev–Trinajstić information content (AvgIpc) is 2.66. The summed E-state index contributed by atoms with van der Waals surface area (Å²) in [7, 11) is 1.56. The third kappa shape index (κ3) is 5.99. The third-order valence-electron chi connectivity index (χ3n) is 3.67. The number of benzene rings is 2. The summed E-state index contributed by atoms with van der Waals surface area (Å²) >= 11 is 0. The Morgan fingerprint density at radius 1 is 1.08 bits per heavy atom. The maximum atomic E-state index is 10.6. The Hall–Kier alpha value is -2.18. The Kier molecular flexibility index (Phi) is 8.15. The predicted octanol–water partition coefficient (Wildman–Crippen LogP) is 3.70. The highest BCUT2D eigenvalue weighted by Gasteiger charge is 2.31. The summed E-state index contributed by atoms with van der Waals surface area (Å²) in [6.45, 7) is 3.78. The first-order valence-corrected chi connectivity index (χ1v) is 8.17. The van der Waals surface area contributed by atoms with Gasteiger partial charge in [0.1, 0.15) is 19.0 Å². The number of nitrogens with one attached hydrogen (secondary N) is 1. The first-order valence-electron chi connectivity index (χ1n) is 8.17. The quantitative estimate of drug-likeness (QED) is 0.370. The van der Waals surface area contributed by atoms with Crippen molar-refractivity contribution in [2.24, 2.45) is 0 Å². The van der Waals surface area contributed by atoms with E-state index >= 15 is 0 Å². The molecular formula is C20H25NO4. The molecule has 2 rings (SSSR count). The van der Waals surface area contributed by atoms with Gasteiger partial charge >= 0.3 is 0 Å². The summed E-state index contributed by atoms with van der Waals surface area (Å²) in [5.41, 5.74) is 4.58. The number of ether oxygens (including phenoxy) is 2. The van der Waals surface area contributed by atoms with Crippen molar-refractivity contribution in [3.05, 3.63) is 78.9 Å². The fraction of sp³-hybridized carbons (Fsp3) is 0.300. The van der Waals surface area contributed by atoms with Crippen molar-refractivity contribution in [2.45, 2.75) is 24.7 Å². The molecule has 5 nitrogen and oxygen atoms in total. The van der Waals surface area contributed by atoms with Gasteiger partial charge < -0.3 is 14.6 Å². The Morgan fingerprint density at radius 3 is 2.32 bits per heavy atom. The van der Waals surface area contributed by atoms with Crippen molar-refractivity contribution in [3.8, 4) is 0 Å². The Bertz CT molecular complexity index is 606. The molecule has 0 aliphatic rings. The van der Waals surface area contributed by atoms with Crippen LogP contribution in [0, 0.1) is 0 Å². The average molecular weight is 343 g/mol. The molecule has 0 saturated heterocycles. The Balaban J connectivity index is 2.20. The lowest BCUT2D eigenvalue weighted by Crippen LogP contribution is -2.38. The summed E-state index contributed by atoms with van der Waals surface area (Å²) in [5.74, 6) is 0. The van der Waals surface area contributed by atoms with Crippen LogP contribution in [0.1, 0.15) is 18.1 Å². The molecular weight excluding hydrogens is 318 g/mol. The van der Waals surface area contributed by atoms with Gasteiger partial charge in [0.2, 0.25) is 0 Å². The monoisotopic (exact) mass is 343 g/mol. The summed E-state index contributed by atoms with van der Waals surface area (Å²) in [5, 5.41) is 10.6. The van der Waals surface area contributed by atoms with Crippen molar-refractivity contribution in [2.75, 3.05) is 19.4 Å². The number of aliphatic hydroxyl groups excluding tert-OH is 1. The molecule has 0 aliphatic heterocycles. The van der Waals surface area contributed by atoms with E-state index in [9.17, 15) is 5.11 Å². The summed E-state index contributed by atoms with van der Waals surface area (Å²) in [6, 6.07) is 19.1. The second-order valence-corrected chi connectivity index (χ2v) is 5.55. The van der Waals surface area contributed by atoms with Gasteiger partial charge in [0.05, 0.1) is 11.8 Å². The lowest BCUT2D eigenvalue weighted by atomic mass is 9.98. The van der Waals surface area contributed by atoms with Gasteiger partial charge in [-0.1, -0.05) is 54.6 Å². The molecule has 2 aromatic carbocycles. The van der Waals surface area contributed by atoms with Gasteiger partial charge in [0.15, 0.2) is 0 Å². The molecule has 1 unspecified atom stereocenters. The van der Waals surface area contributed by atoms with E-state index in [1.165, 1.54) is 0 Å². The van der Waals surface area contributed by atoms with Crippen molar-refractivity contribution >= 4 is 5.69 Å². The molecule has 0 spiro atoms. The first kappa shape index (κ1) is 19.1. The molecule has 0 heterocycles. The molecule has 2 N–H and O–H groups in total. The van der Waals surface area contributed by atoms with E-state index < -0.39 is 18.3 Å². The minimum atomic E-state index is -0.796. The van der Waals surface area contributed by atoms with Gasteiger partial charge in [-0.2, -0.15) is 0 Å². The van der Waals surface area contributed by atoms with E-state index in [4.69, 9.17) is 14.3 Å². The number of anilines is 1. The largest absolute Gasteiger partial charge is 0.390 e. The van der Waals surface area contributed by atoms with Crippen LogP contribution < -0.4 is 5.48 Å². The van der Waals surface area contributed by atoms with Crippen LogP contribution in [0.25, 0.3) is 0 Å². The maximum absolute atomic E-state index is 10.6. The summed E-state index contributed by atoms with van der Waals surface area (Å²) in [4.78, 5) is 5.83. The molecule has 134 valence electrons. The molecule has 0 saturated carbocycles. The van der Waals surface area contributed by atoms with E-state index in [2.05, 4.69) is 12.1 Å². The van der Waals surface area contributed by atoms with E-state index in [0.29, 0.717) is 6.42 Å². The van der Waals surface area contributed by atoms with Crippen LogP contribution in [0.15, 0.2) is 73.3 Å². The number of hydrogen-bond donors (Lipinski definition) is 2. The van der Waals surface area contributed by atoms with Crippen LogP contribution in [-0.2, 0) is 14.3 Å². The zero-order valence-corrected chi connectivity index (χ0v) is 14.4. The zero-order valence-electron chi connectivity index (χ0n) is 14.4. The first-order chi connectivity index (χ1) is 12.3. The number of para-hydroxylation sites is 1. The van der Waals surface area contributed by atoms with Crippen LogP contribution in [0.4, 0.5) is 5.69 Å². The second kappa shape index (κ2) is 10.6. The van der Waals surface area contributed by atoms with Gasteiger partial charge in [-0.3, -0.25) is 10.3 Å². The van der Waals surface area contributed by atoms with Crippen molar-refractivity contribution in [1.29, 1.82) is 0 Å². The van der Waals surface area contributed by atoms with Crippen molar-refractivity contribution < 1.29 is 19.4 Å². The third-order valence-corrected chi connectivity index (χ3v) is 3.67. The highest BCUT2D eigenvalue weighted by Crippen LogP contribution is 2.27. The van der Waals surface area contributed by atoms with Crippen molar-refractivity contribution in [1.82, 2.24) is 0 Å². The Morgan fingerprint density at radius 2 is 1.72 bits per heavy atom. The normalized spacial score (nSPS) is 14.5. The lowest BCUT2D eigenvalue weighted by Gasteiger charge is -2.30. The number of methoxy groups -OCH3 is 1. The molecule has 0 bridgehead atoms. The zero-order chi connectivity index (χ0) is 17.9. The summed E-state index contributed by atoms with van der Waals surface area (Å²) in [6.07, 6.45) is 0.0711. The van der Waals surface area contributed by atoms with E-state index in [1.54, 1.807) is 13.2 Å². The fourth-order valence-corrected chi connectivity index (χ4v) is 2.45. The van der Waals surface area contributed by atoms with Crippen LogP contribution >= 0.6 is 0 Å².